The highest BCUT2D eigenvalue weighted by Gasteiger charge is 2.23. The molecule has 2 heterocycles. The number of amides is 1. The number of rotatable bonds is 9. The summed E-state index contributed by atoms with van der Waals surface area (Å²) in [4.78, 5) is 22.7. The maximum Gasteiger partial charge on any atom is 0.260 e. The van der Waals surface area contributed by atoms with Crippen LogP contribution in [0, 0.1) is 6.92 Å². The molecule has 2 aromatic carbocycles. The number of aryl methyl sites for hydroxylation is 1. The van der Waals surface area contributed by atoms with Crippen LogP contribution in [-0.4, -0.2) is 68.4 Å². The molecule has 0 unspecified atom stereocenters. The van der Waals surface area contributed by atoms with Crippen molar-refractivity contribution in [2.24, 2.45) is 0 Å². The molecule has 182 valence electrons. The van der Waals surface area contributed by atoms with E-state index in [-0.39, 0.29) is 12.0 Å². The molecule has 0 aliphatic carbocycles. The van der Waals surface area contributed by atoms with Gasteiger partial charge in [-0.15, -0.1) is 0 Å². The van der Waals surface area contributed by atoms with E-state index >= 15 is 0 Å². The number of hydrogen-bond donors (Lipinski definition) is 0. The third-order valence-corrected chi connectivity index (χ3v) is 7.03. The van der Waals surface area contributed by atoms with Crippen molar-refractivity contribution in [2.45, 2.75) is 33.3 Å². The van der Waals surface area contributed by atoms with Gasteiger partial charge >= 0.3 is 0 Å². The van der Waals surface area contributed by atoms with Gasteiger partial charge in [0.15, 0.2) is 5.13 Å². The molecule has 7 nitrogen and oxygen atoms in total. The lowest BCUT2D eigenvalue weighted by molar-refractivity contribution is 0.0376. The van der Waals surface area contributed by atoms with Crippen LogP contribution in [0.1, 0.15) is 36.2 Å². The number of morpholine rings is 1. The quantitative estimate of drug-likeness (QED) is 0.437. The second kappa shape index (κ2) is 11.2. The predicted molar refractivity (Wildman–Crippen MR) is 137 cm³/mol. The van der Waals surface area contributed by atoms with Gasteiger partial charge in [-0.25, -0.2) is 4.98 Å². The van der Waals surface area contributed by atoms with Crippen molar-refractivity contribution in [3.05, 3.63) is 47.5 Å². The van der Waals surface area contributed by atoms with E-state index in [1.54, 1.807) is 7.11 Å². The van der Waals surface area contributed by atoms with Gasteiger partial charge < -0.3 is 14.2 Å². The van der Waals surface area contributed by atoms with E-state index in [1.807, 2.05) is 55.1 Å². The Kier molecular flexibility index (Phi) is 8.03. The molecule has 1 saturated heterocycles. The number of ether oxygens (including phenoxy) is 3. The Morgan fingerprint density at radius 3 is 2.59 bits per heavy atom. The summed E-state index contributed by atoms with van der Waals surface area (Å²) in [5, 5.41) is 0.692. The predicted octanol–water partition coefficient (Wildman–Crippen LogP) is 4.77. The first-order valence-corrected chi connectivity index (χ1v) is 12.6. The molecule has 4 rings (SSSR count). The second-order valence-corrected chi connectivity index (χ2v) is 9.69. The van der Waals surface area contributed by atoms with Gasteiger partial charge in [0.05, 0.1) is 31.1 Å². The zero-order valence-corrected chi connectivity index (χ0v) is 21.2. The fourth-order valence-corrected chi connectivity index (χ4v) is 5.12. The highest BCUT2D eigenvalue weighted by molar-refractivity contribution is 7.22. The van der Waals surface area contributed by atoms with E-state index in [4.69, 9.17) is 19.2 Å². The third-order valence-electron chi connectivity index (χ3n) is 5.82. The smallest absolute Gasteiger partial charge is 0.260 e. The summed E-state index contributed by atoms with van der Waals surface area (Å²) in [5.74, 6) is 1.42. The lowest BCUT2D eigenvalue weighted by Crippen LogP contribution is -2.39. The van der Waals surface area contributed by atoms with E-state index in [0.717, 1.165) is 66.5 Å². The van der Waals surface area contributed by atoms with Gasteiger partial charge in [-0.05, 0) is 63.1 Å². The van der Waals surface area contributed by atoms with Gasteiger partial charge in [-0.1, -0.05) is 17.4 Å². The fourth-order valence-electron chi connectivity index (χ4n) is 4.04. The van der Waals surface area contributed by atoms with Gasteiger partial charge in [0, 0.05) is 31.7 Å². The summed E-state index contributed by atoms with van der Waals surface area (Å²) in [6.07, 6.45) is 0.936. The second-order valence-electron chi connectivity index (χ2n) is 8.71. The Bertz CT molecular complexity index is 1110. The van der Waals surface area contributed by atoms with Crippen LogP contribution >= 0.6 is 11.3 Å². The molecule has 0 radical (unpaired) electrons. The van der Waals surface area contributed by atoms with Crippen molar-refractivity contribution >= 4 is 32.6 Å². The molecule has 1 aliphatic rings. The van der Waals surface area contributed by atoms with Crippen LogP contribution in [0.3, 0.4) is 0 Å². The Hall–Kier alpha value is -2.68. The molecule has 0 saturated carbocycles. The number of thiazole rings is 1. The van der Waals surface area contributed by atoms with Crippen molar-refractivity contribution in [3.8, 4) is 11.5 Å². The zero-order valence-electron chi connectivity index (χ0n) is 20.4. The summed E-state index contributed by atoms with van der Waals surface area (Å²) >= 11 is 1.54. The van der Waals surface area contributed by atoms with Crippen LogP contribution in [0.4, 0.5) is 5.13 Å². The van der Waals surface area contributed by atoms with Gasteiger partial charge in [0.1, 0.15) is 17.0 Å². The van der Waals surface area contributed by atoms with Gasteiger partial charge in [0.2, 0.25) is 0 Å². The number of carbonyl (C=O) groups excluding carboxylic acids is 1. The Morgan fingerprint density at radius 2 is 1.91 bits per heavy atom. The van der Waals surface area contributed by atoms with Crippen LogP contribution in [0.2, 0.25) is 0 Å². The summed E-state index contributed by atoms with van der Waals surface area (Å²) in [7, 11) is 1.65. The summed E-state index contributed by atoms with van der Waals surface area (Å²) < 4.78 is 17.8. The lowest BCUT2D eigenvalue weighted by atomic mass is 10.2. The lowest BCUT2D eigenvalue weighted by Gasteiger charge is -2.27. The van der Waals surface area contributed by atoms with E-state index in [2.05, 4.69) is 11.8 Å². The molecule has 3 aromatic rings. The molecule has 8 heteroatoms. The van der Waals surface area contributed by atoms with Crippen molar-refractivity contribution in [1.82, 2.24) is 9.88 Å². The Morgan fingerprint density at radius 1 is 1.18 bits per heavy atom. The number of carbonyl (C=O) groups is 1. The molecule has 0 spiro atoms. The molecule has 34 heavy (non-hydrogen) atoms. The maximum absolute atomic E-state index is 13.7. The molecule has 1 amide bonds. The fraction of sp³-hybridized carbons (Fsp3) is 0.462. The number of anilines is 1. The van der Waals surface area contributed by atoms with Crippen molar-refractivity contribution < 1.29 is 19.0 Å². The van der Waals surface area contributed by atoms with E-state index in [9.17, 15) is 4.79 Å². The van der Waals surface area contributed by atoms with Gasteiger partial charge in [-0.3, -0.25) is 14.6 Å². The molecular formula is C26H33N3O4S. The van der Waals surface area contributed by atoms with Gasteiger partial charge in [-0.2, -0.15) is 0 Å². The van der Waals surface area contributed by atoms with Crippen molar-refractivity contribution in [1.29, 1.82) is 0 Å². The number of benzene rings is 2. The van der Waals surface area contributed by atoms with Crippen LogP contribution in [0.15, 0.2) is 36.4 Å². The van der Waals surface area contributed by atoms with Gasteiger partial charge in [0.25, 0.3) is 5.91 Å². The van der Waals surface area contributed by atoms with E-state index in [0.29, 0.717) is 17.2 Å². The number of aromatic nitrogens is 1. The third kappa shape index (κ3) is 5.68. The highest BCUT2D eigenvalue weighted by atomic mass is 32.1. The average Bonchev–Trinajstić information content (AvgIpc) is 3.29. The van der Waals surface area contributed by atoms with Crippen molar-refractivity contribution in [2.75, 3.05) is 51.4 Å². The Balaban J connectivity index is 1.60. The minimum Gasteiger partial charge on any atom is -0.494 e. The minimum atomic E-state index is -0.0613. The molecule has 1 aliphatic heterocycles. The molecule has 0 N–H and O–H groups in total. The van der Waals surface area contributed by atoms with Crippen LogP contribution in [0.5, 0.6) is 11.5 Å². The van der Waals surface area contributed by atoms with Crippen LogP contribution < -0.4 is 14.4 Å². The monoisotopic (exact) mass is 483 g/mol. The molecule has 0 bridgehead atoms. The first kappa shape index (κ1) is 24.4. The Labute approximate surface area is 205 Å². The molecule has 1 fully saturated rings. The summed E-state index contributed by atoms with van der Waals surface area (Å²) in [6, 6.07) is 11.3. The highest BCUT2D eigenvalue weighted by Crippen LogP contribution is 2.37. The van der Waals surface area contributed by atoms with Crippen molar-refractivity contribution in [3.63, 3.8) is 0 Å². The topological polar surface area (TPSA) is 64.1 Å². The number of nitrogens with zero attached hydrogens (tertiary/aromatic N) is 3. The molecular weight excluding hydrogens is 450 g/mol. The molecule has 0 atom stereocenters. The minimum absolute atomic E-state index is 0.0613. The molecule has 1 aromatic heterocycles. The number of fused-ring (bicyclic) bond motifs is 1. The summed E-state index contributed by atoms with van der Waals surface area (Å²) in [5.41, 5.74) is 2.54. The number of hydrogen-bond acceptors (Lipinski definition) is 7. The zero-order chi connectivity index (χ0) is 24.1. The van der Waals surface area contributed by atoms with Crippen LogP contribution in [0.25, 0.3) is 10.2 Å². The summed E-state index contributed by atoms with van der Waals surface area (Å²) in [6.45, 7) is 10.9. The standard InChI is InChI=1S/C26H33N3O4S/c1-18(2)33-21-9-7-20(8-10-21)25(30)29(13-5-12-28-14-16-32-17-15-28)26-27-23-22(31-4)11-6-19(3)24(23)34-26/h6-11,18H,5,12-17H2,1-4H3. The first-order valence-electron chi connectivity index (χ1n) is 11.8. The SMILES string of the molecule is COc1ccc(C)c2sc(N(CCCN3CCOCC3)C(=O)c3ccc(OC(C)C)cc3)nc12. The normalized spacial score (nSPS) is 14.5. The van der Waals surface area contributed by atoms with E-state index in [1.165, 1.54) is 11.3 Å². The average molecular weight is 484 g/mol. The number of methoxy groups -OCH3 is 1. The largest absolute Gasteiger partial charge is 0.494 e. The maximum atomic E-state index is 13.7. The van der Waals surface area contributed by atoms with Crippen LogP contribution in [-0.2, 0) is 4.74 Å². The van der Waals surface area contributed by atoms with E-state index < -0.39 is 0 Å². The first-order chi connectivity index (χ1) is 16.5.